The summed E-state index contributed by atoms with van der Waals surface area (Å²) in [5.74, 6) is 0.649. The van der Waals surface area contributed by atoms with Gasteiger partial charge >= 0.3 is 0 Å². The molecule has 0 N–H and O–H groups in total. The van der Waals surface area contributed by atoms with Crippen molar-refractivity contribution in [2.24, 2.45) is 5.92 Å². The number of hydrogen-bond donors (Lipinski definition) is 0. The fourth-order valence-corrected chi connectivity index (χ4v) is 3.02. The van der Waals surface area contributed by atoms with Crippen LogP contribution in [0.3, 0.4) is 0 Å². The molecule has 2 atom stereocenters. The van der Waals surface area contributed by atoms with Gasteiger partial charge in [0, 0.05) is 17.8 Å². The van der Waals surface area contributed by atoms with Crippen LogP contribution in [0.25, 0.3) is 0 Å². The van der Waals surface area contributed by atoms with Crippen molar-refractivity contribution in [3.8, 4) is 0 Å². The van der Waals surface area contributed by atoms with Gasteiger partial charge in [0.15, 0.2) is 0 Å². The first-order valence-electron chi connectivity index (χ1n) is 6.20. The minimum absolute atomic E-state index is 0.168. The number of hydrogen-bond acceptors (Lipinski definition) is 2. The van der Waals surface area contributed by atoms with E-state index in [1.807, 2.05) is 4.90 Å². The third-order valence-electron chi connectivity index (χ3n) is 3.67. The maximum Gasteiger partial charge on any atom is 0.226 e. The number of nitrogens with zero attached hydrogens (tertiary/aromatic N) is 1. The Morgan fingerprint density at radius 3 is 2.75 bits per heavy atom. The number of carbonyl (C=O) groups is 1. The average molecular weight is 290 g/mol. The van der Waals surface area contributed by atoms with Gasteiger partial charge in [-0.05, 0) is 19.8 Å². The summed E-state index contributed by atoms with van der Waals surface area (Å²) < 4.78 is 5.64. The third-order valence-corrected chi connectivity index (χ3v) is 4.39. The van der Waals surface area contributed by atoms with Gasteiger partial charge in [0.2, 0.25) is 5.91 Å². The minimum atomic E-state index is 0.168. The smallest absolute Gasteiger partial charge is 0.226 e. The standard InChI is InChI=1S/C12H20BrNO2/c1-9-8-16-11(6-13)7-14(9)12(15)10-4-2-3-5-10/h9-11H,2-8H2,1H3. The van der Waals surface area contributed by atoms with E-state index in [-0.39, 0.29) is 18.1 Å². The Morgan fingerprint density at radius 2 is 2.12 bits per heavy atom. The van der Waals surface area contributed by atoms with E-state index in [1.54, 1.807) is 0 Å². The lowest BCUT2D eigenvalue weighted by molar-refractivity contribution is -0.147. The van der Waals surface area contributed by atoms with Gasteiger partial charge in [-0.25, -0.2) is 0 Å². The van der Waals surface area contributed by atoms with Crippen molar-refractivity contribution in [2.75, 3.05) is 18.5 Å². The van der Waals surface area contributed by atoms with E-state index in [1.165, 1.54) is 12.8 Å². The van der Waals surface area contributed by atoms with Gasteiger partial charge < -0.3 is 9.64 Å². The van der Waals surface area contributed by atoms with Crippen molar-refractivity contribution in [3.05, 3.63) is 0 Å². The van der Waals surface area contributed by atoms with E-state index in [2.05, 4.69) is 22.9 Å². The number of ether oxygens (including phenoxy) is 1. The summed E-state index contributed by atoms with van der Waals surface area (Å²) in [4.78, 5) is 14.4. The molecule has 1 aliphatic heterocycles. The Hall–Kier alpha value is -0.0900. The fraction of sp³-hybridized carbons (Fsp3) is 0.917. The van der Waals surface area contributed by atoms with Gasteiger partial charge in [-0.3, -0.25) is 4.79 Å². The second-order valence-corrected chi connectivity index (χ2v) is 5.58. The number of amides is 1. The Labute approximate surface area is 106 Å². The number of alkyl halides is 1. The zero-order valence-corrected chi connectivity index (χ0v) is 11.4. The molecule has 0 spiro atoms. The molecule has 92 valence electrons. The molecule has 2 aliphatic rings. The first kappa shape index (κ1) is 12.4. The summed E-state index contributed by atoms with van der Waals surface area (Å²) >= 11 is 3.43. The summed E-state index contributed by atoms with van der Waals surface area (Å²) in [6.07, 6.45) is 4.78. The molecule has 3 nitrogen and oxygen atoms in total. The van der Waals surface area contributed by atoms with Crippen LogP contribution in [0.5, 0.6) is 0 Å². The Morgan fingerprint density at radius 1 is 1.44 bits per heavy atom. The van der Waals surface area contributed by atoms with Crippen molar-refractivity contribution in [2.45, 2.75) is 44.8 Å². The number of halogens is 1. The molecule has 0 bridgehead atoms. The van der Waals surface area contributed by atoms with Gasteiger partial charge in [0.25, 0.3) is 0 Å². The molecule has 0 aromatic heterocycles. The summed E-state index contributed by atoms with van der Waals surface area (Å²) in [5, 5.41) is 0.814. The maximum absolute atomic E-state index is 12.3. The lowest BCUT2D eigenvalue weighted by Gasteiger charge is -2.38. The van der Waals surface area contributed by atoms with Crippen LogP contribution in [0.2, 0.25) is 0 Å². The monoisotopic (exact) mass is 289 g/mol. The molecule has 0 radical (unpaired) electrons. The largest absolute Gasteiger partial charge is 0.373 e. The molecular formula is C12H20BrNO2. The van der Waals surface area contributed by atoms with Crippen molar-refractivity contribution >= 4 is 21.8 Å². The van der Waals surface area contributed by atoms with Crippen LogP contribution in [0.4, 0.5) is 0 Å². The molecular weight excluding hydrogens is 270 g/mol. The maximum atomic E-state index is 12.3. The predicted molar refractivity (Wildman–Crippen MR) is 66.7 cm³/mol. The van der Waals surface area contributed by atoms with Crippen LogP contribution in [-0.2, 0) is 9.53 Å². The lowest BCUT2D eigenvalue weighted by Crippen LogP contribution is -2.53. The molecule has 1 saturated heterocycles. The molecule has 16 heavy (non-hydrogen) atoms. The van der Waals surface area contributed by atoms with Crippen LogP contribution >= 0.6 is 15.9 Å². The Kier molecular flexibility index (Phi) is 4.25. The Balaban J connectivity index is 1.97. The van der Waals surface area contributed by atoms with E-state index in [0.29, 0.717) is 12.5 Å². The number of carbonyl (C=O) groups excluding carboxylic acids is 1. The van der Waals surface area contributed by atoms with Crippen LogP contribution in [0.15, 0.2) is 0 Å². The first-order valence-corrected chi connectivity index (χ1v) is 7.32. The highest BCUT2D eigenvalue weighted by molar-refractivity contribution is 9.09. The Bertz CT molecular complexity index is 253. The highest BCUT2D eigenvalue weighted by Gasteiger charge is 2.34. The predicted octanol–water partition coefficient (Wildman–Crippen LogP) is 2.19. The lowest BCUT2D eigenvalue weighted by atomic mass is 10.0. The molecule has 1 heterocycles. The minimum Gasteiger partial charge on any atom is -0.373 e. The normalized spacial score (nSPS) is 32.0. The van der Waals surface area contributed by atoms with Gasteiger partial charge in [-0.2, -0.15) is 0 Å². The topological polar surface area (TPSA) is 29.5 Å². The molecule has 2 fully saturated rings. The molecule has 1 aliphatic carbocycles. The van der Waals surface area contributed by atoms with E-state index >= 15 is 0 Å². The first-order chi connectivity index (χ1) is 7.72. The second kappa shape index (κ2) is 5.50. The quantitative estimate of drug-likeness (QED) is 0.730. The molecule has 1 saturated carbocycles. The van der Waals surface area contributed by atoms with Crippen LogP contribution in [0, 0.1) is 5.92 Å². The van der Waals surface area contributed by atoms with Gasteiger partial charge in [0.05, 0.1) is 18.8 Å². The molecule has 1 amide bonds. The summed E-state index contributed by atoms with van der Waals surface area (Å²) in [5.41, 5.74) is 0. The fourth-order valence-electron chi connectivity index (χ4n) is 2.63. The van der Waals surface area contributed by atoms with Crippen molar-refractivity contribution in [3.63, 3.8) is 0 Å². The van der Waals surface area contributed by atoms with Crippen molar-refractivity contribution in [1.29, 1.82) is 0 Å². The summed E-state index contributed by atoms with van der Waals surface area (Å²) in [6.45, 7) is 3.51. The van der Waals surface area contributed by atoms with Crippen LogP contribution in [0.1, 0.15) is 32.6 Å². The highest BCUT2D eigenvalue weighted by atomic mass is 79.9. The van der Waals surface area contributed by atoms with Gasteiger partial charge in [0.1, 0.15) is 0 Å². The molecule has 2 rings (SSSR count). The zero-order valence-electron chi connectivity index (χ0n) is 9.82. The summed E-state index contributed by atoms with van der Waals surface area (Å²) in [6, 6.07) is 0.239. The molecule has 0 aromatic rings. The number of morpholine rings is 1. The van der Waals surface area contributed by atoms with E-state index in [4.69, 9.17) is 4.74 Å². The SMILES string of the molecule is CC1COC(CBr)CN1C(=O)C1CCCC1. The van der Waals surface area contributed by atoms with Crippen LogP contribution < -0.4 is 0 Å². The zero-order chi connectivity index (χ0) is 11.5. The van der Waals surface area contributed by atoms with Gasteiger partial charge in [-0.15, -0.1) is 0 Å². The second-order valence-electron chi connectivity index (χ2n) is 4.93. The van der Waals surface area contributed by atoms with E-state index in [9.17, 15) is 4.79 Å². The molecule has 0 aromatic carbocycles. The molecule has 4 heteroatoms. The number of rotatable bonds is 2. The van der Waals surface area contributed by atoms with Gasteiger partial charge in [-0.1, -0.05) is 28.8 Å². The van der Waals surface area contributed by atoms with Crippen molar-refractivity contribution < 1.29 is 9.53 Å². The average Bonchev–Trinajstić information content (AvgIpc) is 2.82. The van der Waals surface area contributed by atoms with E-state index in [0.717, 1.165) is 24.7 Å². The van der Waals surface area contributed by atoms with Crippen molar-refractivity contribution in [1.82, 2.24) is 4.90 Å². The van der Waals surface area contributed by atoms with E-state index < -0.39 is 0 Å². The van der Waals surface area contributed by atoms with Crippen LogP contribution in [-0.4, -0.2) is 41.4 Å². The molecule has 2 unspecified atom stereocenters. The highest BCUT2D eigenvalue weighted by Crippen LogP contribution is 2.28. The summed E-state index contributed by atoms with van der Waals surface area (Å²) in [7, 11) is 0. The third kappa shape index (κ3) is 2.59.